The lowest BCUT2D eigenvalue weighted by Crippen LogP contribution is -2.13. The van der Waals surface area contributed by atoms with Crippen LogP contribution in [0.3, 0.4) is 0 Å². The van der Waals surface area contributed by atoms with Crippen molar-refractivity contribution in [1.29, 1.82) is 0 Å². The van der Waals surface area contributed by atoms with E-state index in [1.807, 2.05) is 25.4 Å². The summed E-state index contributed by atoms with van der Waals surface area (Å²) < 4.78 is 1.69. The van der Waals surface area contributed by atoms with E-state index in [-0.39, 0.29) is 0 Å². The predicted octanol–water partition coefficient (Wildman–Crippen LogP) is 1.37. The molecule has 2 aromatic heterocycles. The van der Waals surface area contributed by atoms with Crippen LogP contribution in [-0.4, -0.2) is 19.7 Å². The second-order valence-corrected chi connectivity index (χ2v) is 3.71. The summed E-state index contributed by atoms with van der Waals surface area (Å²) in [6.07, 6.45) is 7.19. The topological polar surface area (TPSA) is 55.6 Å². The zero-order chi connectivity index (χ0) is 12.1. The Morgan fingerprint density at radius 3 is 3.06 bits per heavy atom. The average molecular weight is 229 g/mol. The molecule has 2 aromatic rings. The molecule has 0 unspecified atom stereocenters. The maximum absolute atomic E-state index is 4.32. The summed E-state index contributed by atoms with van der Waals surface area (Å²) in [4.78, 5) is 8.37. The highest BCUT2D eigenvalue weighted by molar-refractivity contribution is 5.17. The van der Waals surface area contributed by atoms with Crippen LogP contribution < -0.4 is 5.32 Å². The van der Waals surface area contributed by atoms with Gasteiger partial charge in [0.1, 0.15) is 5.82 Å². The van der Waals surface area contributed by atoms with Gasteiger partial charge in [0.15, 0.2) is 0 Å². The van der Waals surface area contributed by atoms with Crippen molar-refractivity contribution in [3.8, 4) is 0 Å². The smallest absolute Gasteiger partial charge is 0.125 e. The van der Waals surface area contributed by atoms with Gasteiger partial charge in [0.25, 0.3) is 0 Å². The van der Waals surface area contributed by atoms with Crippen LogP contribution in [0.15, 0.2) is 31.2 Å². The average Bonchev–Trinajstić information content (AvgIpc) is 2.77. The van der Waals surface area contributed by atoms with Crippen molar-refractivity contribution in [1.82, 2.24) is 25.1 Å². The lowest BCUT2D eigenvalue weighted by molar-refractivity contribution is 0.675. The Balaban J connectivity index is 1.85. The Morgan fingerprint density at radius 1 is 1.47 bits per heavy atom. The molecule has 0 aromatic carbocycles. The van der Waals surface area contributed by atoms with Crippen molar-refractivity contribution in [2.45, 2.75) is 20.0 Å². The fourth-order valence-corrected chi connectivity index (χ4v) is 1.51. The van der Waals surface area contributed by atoms with Gasteiger partial charge < -0.3 is 5.32 Å². The summed E-state index contributed by atoms with van der Waals surface area (Å²) in [7, 11) is 0. The van der Waals surface area contributed by atoms with Crippen molar-refractivity contribution >= 4 is 6.20 Å². The van der Waals surface area contributed by atoms with Crippen molar-refractivity contribution in [2.24, 2.45) is 0 Å². The first-order valence-electron chi connectivity index (χ1n) is 5.43. The third-order valence-electron chi connectivity index (χ3n) is 2.31. The summed E-state index contributed by atoms with van der Waals surface area (Å²) >= 11 is 0. The number of aromatic nitrogens is 4. The van der Waals surface area contributed by atoms with Crippen LogP contribution in [0.4, 0.5) is 0 Å². The molecule has 0 aliphatic rings. The fourth-order valence-electron chi connectivity index (χ4n) is 1.51. The highest BCUT2D eigenvalue weighted by atomic mass is 15.2. The van der Waals surface area contributed by atoms with Crippen LogP contribution in [0.1, 0.15) is 17.1 Å². The van der Waals surface area contributed by atoms with Gasteiger partial charge >= 0.3 is 0 Å². The molecule has 2 heterocycles. The molecule has 0 bridgehead atoms. The van der Waals surface area contributed by atoms with Gasteiger partial charge in [0.05, 0.1) is 11.9 Å². The molecule has 5 heteroatoms. The minimum Gasteiger partial charge on any atom is -0.307 e. The monoisotopic (exact) mass is 229 g/mol. The Morgan fingerprint density at radius 2 is 2.35 bits per heavy atom. The van der Waals surface area contributed by atoms with E-state index < -0.39 is 0 Å². The Labute approximate surface area is 100 Å². The molecule has 0 radical (unpaired) electrons. The van der Waals surface area contributed by atoms with E-state index >= 15 is 0 Å². The zero-order valence-electron chi connectivity index (χ0n) is 9.80. The minimum absolute atomic E-state index is 0.725. The fraction of sp³-hybridized carbons (Fsp3) is 0.250. The second-order valence-electron chi connectivity index (χ2n) is 3.71. The summed E-state index contributed by atoms with van der Waals surface area (Å²) in [5.74, 6) is 0.795. The Hall–Kier alpha value is -2.01. The van der Waals surface area contributed by atoms with Gasteiger partial charge in [0, 0.05) is 37.2 Å². The Kier molecular flexibility index (Phi) is 3.62. The molecular formula is C12H15N5. The summed E-state index contributed by atoms with van der Waals surface area (Å²) in [6, 6.07) is 1.91. The third-order valence-corrected chi connectivity index (χ3v) is 2.31. The van der Waals surface area contributed by atoms with Gasteiger partial charge in [-0.25, -0.2) is 14.6 Å². The quantitative estimate of drug-likeness (QED) is 0.841. The first-order valence-corrected chi connectivity index (χ1v) is 5.43. The normalized spacial score (nSPS) is 10.4. The molecule has 0 atom stereocenters. The standard InChI is InChI=1S/C12H15N5/c1-3-17-9-11(7-15-17)6-13-8-12-4-5-14-10(2)16-12/h3-5,7,9,13H,1,6,8H2,2H3. The highest BCUT2D eigenvalue weighted by Gasteiger charge is 1.98. The molecule has 0 aliphatic carbocycles. The van der Waals surface area contributed by atoms with Crippen molar-refractivity contribution in [2.75, 3.05) is 0 Å². The molecule has 0 saturated carbocycles. The van der Waals surface area contributed by atoms with Crippen molar-refractivity contribution in [3.05, 3.63) is 48.3 Å². The Bertz CT molecular complexity index is 503. The van der Waals surface area contributed by atoms with Gasteiger partial charge in [0.2, 0.25) is 0 Å². The molecule has 0 amide bonds. The molecule has 0 spiro atoms. The van der Waals surface area contributed by atoms with E-state index in [4.69, 9.17) is 0 Å². The van der Waals surface area contributed by atoms with E-state index in [1.165, 1.54) is 0 Å². The van der Waals surface area contributed by atoms with Gasteiger partial charge in [-0.3, -0.25) is 0 Å². The lowest BCUT2D eigenvalue weighted by Gasteiger charge is -2.02. The van der Waals surface area contributed by atoms with Gasteiger partial charge in [-0.1, -0.05) is 6.58 Å². The van der Waals surface area contributed by atoms with Crippen LogP contribution in [0.2, 0.25) is 0 Å². The maximum Gasteiger partial charge on any atom is 0.125 e. The molecule has 1 N–H and O–H groups in total. The first-order chi connectivity index (χ1) is 8.28. The summed E-state index contributed by atoms with van der Waals surface area (Å²) in [5.41, 5.74) is 2.12. The zero-order valence-corrected chi connectivity index (χ0v) is 9.80. The van der Waals surface area contributed by atoms with E-state index in [0.717, 1.165) is 30.2 Å². The molecule has 0 aliphatic heterocycles. The number of rotatable bonds is 5. The number of aryl methyl sites for hydroxylation is 1. The number of nitrogens with zero attached hydrogens (tertiary/aromatic N) is 4. The van der Waals surface area contributed by atoms with Crippen LogP contribution in [0, 0.1) is 6.92 Å². The second kappa shape index (κ2) is 5.36. The van der Waals surface area contributed by atoms with Gasteiger partial charge in [-0.05, 0) is 13.0 Å². The van der Waals surface area contributed by atoms with Gasteiger partial charge in [-0.2, -0.15) is 5.10 Å². The number of nitrogens with one attached hydrogen (secondary N) is 1. The third kappa shape index (κ3) is 3.22. The number of hydrogen-bond donors (Lipinski definition) is 1. The number of hydrogen-bond acceptors (Lipinski definition) is 4. The van der Waals surface area contributed by atoms with E-state index in [1.54, 1.807) is 17.1 Å². The van der Waals surface area contributed by atoms with Crippen LogP contribution in [0.25, 0.3) is 6.20 Å². The largest absolute Gasteiger partial charge is 0.307 e. The first kappa shape index (κ1) is 11.5. The molecule has 2 rings (SSSR count). The molecule has 0 fully saturated rings. The molecule has 88 valence electrons. The lowest BCUT2D eigenvalue weighted by atomic mass is 10.3. The molecule has 17 heavy (non-hydrogen) atoms. The van der Waals surface area contributed by atoms with Crippen molar-refractivity contribution < 1.29 is 0 Å². The van der Waals surface area contributed by atoms with E-state index in [0.29, 0.717) is 0 Å². The maximum atomic E-state index is 4.32. The van der Waals surface area contributed by atoms with E-state index in [2.05, 4.69) is 27.0 Å². The SMILES string of the molecule is C=Cn1cc(CNCc2ccnc(C)n2)cn1. The van der Waals surface area contributed by atoms with Crippen molar-refractivity contribution in [3.63, 3.8) is 0 Å². The van der Waals surface area contributed by atoms with Crippen LogP contribution in [-0.2, 0) is 13.1 Å². The van der Waals surface area contributed by atoms with Crippen LogP contribution in [0.5, 0.6) is 0 Å². The van der Waals surface area contributed by atoms with Crippen LogP contribution >= 0.6 is 0 Å². The predicted molar refractivity (Wildman–Crippen MR) is 65.9 cm³/mol. The summed E-state index contributed by atoms with van der Waals surface area (Å²) in [6.45, 7) is 7.02. The molecular weight excluding hydrogens is 214 g/mol. The molecule has 0 saturated heterocycles. The molecule has 5 nitrogen and oxygen atoms in total. The van der Waals surface area contributed by atoms with Gasteiger partial charge in [-0.15, -0.1) is 0 Å². The van der Waals surface area contributed by atoms with E-state index in [9.17, 15) is 0 Å². The summed E-state index contributed by atoms with van der Waals surface area (Å²) in [5, 5.41) is 7.41. The minimum atomic E-state index is 0.725. The highest BCUT2D eigenvalue weighted by Crippen LogP contribution is 1.99.